The number of aliphatic hydroxyl groups is 2. The van der Waals surface area contributed by atoms with Crippen LogP contribution in [0.1, 0.15) is 13.8 Å². The summed E-state index contributed by atoms with van der Waals surface area (Å²) in [4.78, 5) is 0. The number of rotatable bonds is 9. The van der Waals surface area contributed by atoms with E-state index in [0.717, 1.165) is 13.2 Å². The summed E-state index contributed by atoms with van der Waals surface area (Å²) in [5, 5.41) is 16.5. The van der Waals surface area contributed by atoms with Gasteiger partial charge in [-0.2, -0.15) is 0 Å². The Hall–Kier alpha value is -0.200. The Bertz CT molecular complexity index is 79.9. The van der Waals surface area contributed by atoms with Crippen molar-refractivity contribution in [2.45, 2.75) is 13.8 Å². The van der Waals surface area contributed by atoms with Gasteiger partial charge in [-0.1, -0.05) is 0 Å². The van der Waals surface area contributed by atoms with E-state index in [9.17, 15) is 0 Å². The molecule has 2 N–H and O–H groups in total. The van der Waals surface area contributed by atoms with Gasteiger partial charge in [0.2, 0.25) is 0 Å². The van der Waals surface area contributed by atoms with Crippen LogP contribution in [0.5, 0.6) is 0 Å². The van der Waals surface area contributed by atoms with Crippen LogP contribution in [0.15, 0.2) is 0 Å². The predicted molar refractivity (Wildman–Crippen MR) is 58.0 cm³/mol. The summed E-state index contributed by atoms with van der Waals surface area (Å²) in [6.07, 6.45) is 0. The van der Waals surface area contributed by atoms with Crippen molar-refractivity contribution in [3.8, 4) is 0 Å². The molecule has 0 heterocycles. The van der Waals surface area contributed by atoms with Crippen LogP contribution in [0, 0.1) is 0 Å². The van der Waals surface area contributed by atoms with Gasteiger partial charge >= 0.3 is 0 Å². The molecule has 5 nitrogen and oxygen atoms in total. The van der Waals surface area contributed by atoms with Gasteiger partial charge < -0.3 is 24.4 Å². The van der Waals surface area contributed by atoms with Crippen LogP contribution in [-0.4, -0.2) is 63.1 Å². The molecule has 0 spiro atoms. The number of hydrogen-bond donors (Lipinski definition) is 2. The normalized spacial score (nSPS) is 9.60. The molecule has 0 saturated heterocycles. The molecule has 5 heteroatoms. The minimum absolute atomic E-state index is 0.0417. The maximum absolute atomic E-state index is 8.26. The maximum atomic E-state index is 8.26. The Morgan fingerprint density at radius 3 is 1.27 bits per heavy atom. The molecule has 0 aromatic rings. The average Bonchev–Trinajstić information content (AvgIpc) is 2.25. The first kappa shape index (κ1) is 17.2. The second-order valence-electron chi connectivity index (χ2n) is 2.45. The molecule has 0 fully saturated rings. The Kier molecular flexibility index (Phi) is 22.2. The van der Waals surface area contributed by atoms with Crippen LogP contribution in [0.3, 0.4) is 0 Å². The maximum Gasteiger partial charge on any atom is 0.0701 e. The molecule has 0 aromatic heterocycles. The van der Waals surface area contributed by atoms with Crippen LogP contribution in [-0.2, 0) is 14.2 Å². The van der Waals surface area contributed by atoms with Crippen molar-refractivity contribution >= 4 is 0 Å². The molecule has 0 atom stereocenters. The number of ether oxygens (including phenoxy) is 3. The van der Waals surface area contributed by atoms with E-state index < -0.39 is 0 Å². The predicted octanol–water partition coefficient (Wildman–Crippen LogP) is 0.0470. The highest BCUT2D eigenvalue weighted by Gasteiger charge is 1.86. The SMILES string of the molecule is CCOCC.OCCOCCOCCO. The van der Waals surface area contributed by atoms with Crippen molar-refractivity contribution in [2.24, 2.45) is 0 Å². The molecular formula is C10H24O5. The second-order valence-corrected chi connectivity index (χ2v) is 2.45. The van der Waals surface area contributed by atoms with Crippen molar-refractivity contribution in [1.29, 1.82) is 0 Å². The summed E-state index contributed by atoms with van der Waals surface area (Å²) in [6.45, 7) is 7.39. The summed E-state index contributed by atoms with van der Waals surface area (Å²) in [6, 6.07) is 0. The third-order valence-electron chi connectivity index (χ3n) is 1.25. The van der Waals surface area contributed by atoms with E-state index in [-0.39, 0.29) is 13.2 Å². The largest absolute Gasteiger partial charge is 0.394 e. The Morgan fingerprint density at radius 1 is 0.667 bits per heavy atom. The number of hydrogen-bond acceptors (Lipinski definition) is 5. The molecule has 0 bridgehead atoms. The molecule has 94 valence electrons. The highest BCUT2D eigenvalue weighted by Crippen LogP contribution is 1.76. The first-order valence-corrected chi connectivity index (χ1v) is 5.28. The highest BCUT2D eigenvalue weighted by atomic mass is 16.5. The minimum atomic E-state index is 0.0417. The lowest BCUT2D eigenvalue weighted by Crippen LogP contribution is -2.09. The minimum Gasteiger partial charge on any atom is -0.394 e. The average molecular weight is 224 g/mol. The van der Waals surface area contributed by atoms with Gasteiger partial charge in [0, 0.05) is 13.2 Å². The first-order chi connectivity index (χ1) is 7.33. The second kappa shape index (κ2) is 19.4. The molecule has 0 aliphatic carbocycles. The van der Waals surface area contributed by atoms with E-state index in [4.69, 9.17) is 24.4 Å². The van der Waals surface area contributed by atoms with Gasteiger partial charge in [0.05, 0.1) is 39.6 Å². The highest BCUT2D eigenvalue weighted by molar-refractivity contribution is 4.30. The lowest BCUT2D eigenvalue weighted by atomic mass is 10.7. The van der Waals surface area contributed by atoms with E-state index in [1.54, 1.807) is 0 Å². The fourth-order valence-electron chi connectivity index (χ4n) is 0.655. The summed E-state index contributed by atoms with van der Waals surface area (Å²) in [5.41, 5.74) is 0. The van der Waals surface area contributed by atoms with Gasteiger partial charge in [-0.15, -0.1) is 0 Å². The van der Waals surface area contributed by atoms with Crippen molar-refractivity contribution in [2.75, 3.05) is 52.9 Å². The molecule has 0 saturated carbocycles. The molecule has 15 heavy (non-hydrogen) atoms. The fourth-order valence-corrected chi connectivity index (χ4v) is 0.655. The Balaban J connectivity index is 0. The van der Waals surface area contributed by atoms with Gasteiger partial charge in [0.1, 0.15) is 0 Å². The van der Waals surface area contributed by atoms with Crippen LogP contribution in [0.2, 0.25) is 0 Å². The van der Waals surface area contributed by atoms with Gasteiger partial charge in [0.25, 0.3) is 0 Å². The monoisotopic (exact) mass is 224 g/mol. The third-order valence-corrected chi connectivity index (χ3v) is 1.25. The Morgan fingerprint density at radius 2 is 1.07 bits per heavy atom. The summed E-state index contributed by atoms with van der Waals surface area (Å²) in [7, 11) is 0. The van der Waals surface area contributed by atoms with Gasteiger partial charge in [0.15, 0.2) is 0 Å². The molecular weight excluding hydrogens is 200 g/mol. The number of aliphatic hydroxyl groups excluding tert-OH is 2. The van der Waals surface area contributed by atoms with Crippen LogP contribution in [0.25, 0.3) is 0 Å². The van der Waals surface area contributed by atoms with E-state index in [0.29, 0.717) is 26.4 Å². The van der Waals surface area contributed by atoms with Crippen LogP contribution >= 0.6 is 0 Å². The standard InChI is InChI=1S/C6H14O4.C4H10O/c7-1-3-9-5-6-10-4-2-8;1-3-5-4-2/h7-8H,1-6H2;3-4H2,1-2H3. The molecule has 0 aliphatic rings. The van der Waals surface area contributed by atoms with Gasteiger partial charge in [-0.05, 0) is 13.8 Å². The molecule has 0 rings (SSSR count). The Labute approximate surface area is 92.0 Å². The van der Waals surface area contributed by atoms with Crippen LogP contribution < -0.4 is 0 Å². The third kappa shape index (κ3) is 24.8. The molecule has 0 unspecified atom stereocenters. The zero-order valence-electron chi connectivity index (χ0n) is 9.78. The van der Waals surface area contributed by atoms with E-state index in [1.807, 2.05) is 13.8 Å². The van der Waals surface area contributed by atoms with Gasteiger partial charge in [-0.3, -0.25) is 0 Å². The topological polar surface area (TPSA) is 68.2 Å². The zero-order chi connectivity index (χ0) is 11.8. The lowest BCUT2D eigenvalue weighted by molar-refractivity contribution is 0.0222. The first-order valence-electron chi connectivity index (χ1n) is 5.28. The molecule has 0 radical (unpaired) electrons. The summed E-state index contributed by atoms with van der Waals surface area (Å²) in [5.74, 6) is 0. The smallest absolute Gasteiger partial charge is 0.0701 e. The van der Waals surface area contributed by atoms with E-state index in [1.165, 1.54) is 0 Å². The summed E-state index contributed by atoms with van der Waals surface area (Å²) >= 11 is 0. The van der Waals surface area contributed by atoms with Crippen molar-refractivity contribution in [3.63, 3.8) is 0 Å². The van der Waals surface area contributed by atoms with Crippen molar-refractivity contribution in [3.05, 3.63) is 0 Å². The van der Waals surface area contributed by atoms with E-state index in [2.05, 4.69) is 0 Å². The molecule has 0 aromatic carbocycles. The van der Waals surface area contributed by atoms with Crippen molar-refractivity contribution in [1.82, 2.24) is 0 Å². The molecule has 0 amide bonds. The zero-order valence-corrected chi connectivity index (χ0v) is 9.78. The fraction of sp³-hybridized carbons (Fsp3) is 1.00. The quantitative estimate of drug-likeness (QED) is 0.542. The lowest BCUT2D eigenvalue weighted by Gasteiger charge is -2.01. The van der Waals surface area contributed by atoms with Crippen LogP contribution in [0.4, 0.5) is 0 Å². The van der Waals surface area contributed by atoms with E-state index >= 15 is 0 Å². The summed E-state index contributed by atoms with van der Waals surface area (Å²) < 4.78 is 14.6. The molecule has 0 aliphatic heterocycles. The van der Waals surface area contributed by atoms with Crippen molar-refractivity contribution < 1.29 is 24.4 Å². The van der Waals surface area contributed by atoms with Gasteiger partial charge in [-0.25, -0.2) is 0 Å².